The molecule has 88 valence electrons. The predicted octanol–water partition coefficient (Wildman–Crippen LogP) is 2.13. The number of nitrogens with one attached hydrogen (secondary N) is 1. The molecule has 1 N–H and O–H groups in total. The van der Waals surface area contributed by atoms with Crippen molar-refractivity contribution < 1.29 is 0 Å². The Morgan fingerprint density at radius 1 is 1.62 bits per heavy atom. The molecule has 0 aliphatic heterocycles. The molecule has 0 bridgehead atoms. The van der Waals surface area contributed by atoms with Crippen molar-refractivity contribution >= 4 is 11.8 Å². The lowest BCUT2D eigenvalue weighted by atomic mass is 10.3. The van der Waals surface area contributed by atoms with Gasteiger partial charge in [-0.1, -0.05) is 6.92 Å². The molecule has 3 nitrogen and oxygen atoms in total. The normalized spacial score (nSPS) is 12.4. The fraction of sp³-hybridized carbons (Fsp3) is 0.583. The lowest BCUT2D eigenvalue weighted by molar-refractivity contribution is 0.595. The van der Waals surface area contributed by atoms with E-state index in [2.05, 4.69) is 25.2 Å². The average Bonchev–Trinajstić information content (AvgIpc) is 2.64. The van der Waals surface area contributed by atoms with E-state index in [0.717, 1.165) is 18.1 Å². The lowest BCUT2D eigenvalue weighted by Gasteiger charge is -2.11. The third-order valence-electron chi connectivity index (χ3n) is 2.40. The Hall–Kier alpha value is -0.920. The number of hydrogen-bond acceptors (Lipinski definition) is 3. The molecule has 1 aromatic heterocycles. The Morgan fingerprint density at radius 3 is 2.94 bits per heavy atom. The van der Waals surface area contributed by atoms with E-state index in [0.29, 0.717) is 11.7 Å². The number of aromatic nitrogens is 1. The number of aryl methyl sites for hydroxylation is 1. The molecular formula is C12H19N3S. The van der Waals surface area contributed by atoms with Crippen LogP contribution >= 0.6 is 11.8 Å². The maximum Gasteiger partial charge on any atom is 0.120 e. The first-order chi connectivity index (χ1) is 7.67. The summed E-state index contributed by atoms with van der Waals surface area (Å²) in [4.78, 5) is 0. The number of hydrogen-bond donors (Lipinski definition) is 1. The topological polar surface area (TPSA) is 40.8 Å². The largest absolute Gasteiger partial charge is 0.342 e. The molecule has 0 fully saturated rings. The van der Waals surface area contributed by atoms with E-state index in [4.69, 9.17) is 5.26 Å². The van der Waals surface area contributed by atoms with E-state index >= 15 is 0 Å². The minimum atomic E-state index is 0.510. The van der Waals surface area contributed by atoms with E-state index in [1.165, 1.54) is 5.56 Å². The molecule has 1 rings (SSSR count). The van der Waals surface area contributed by atoms with Gasteiger partial charge < -0.3 is 9.88 Å². The van der Waals surface area contributed by atoms with Crippen LogP contribution in [0.1, 0.15) is 25.1 Å². The summed E-state index contributed by atoms with van der Waals surface area (Å²) >= 11 is 1.94. The van der Waals surface area contributed by atoms with Gasteiger partial charge >= 0.3 is 0 Å². The SMILES string of the molecule is CCSCC(C)NCc1cc(C#N)n(C)c1. The molecule has 0 spiro atoms. The van der Waals surface area contributed by atoms with Crippen molar-refractivity contribution in [1.29, 1.82) is 5.26 Å². The summed E-state index contributed by atoms with van der Waals surface area (Å²) in [7, 11) is 1.90. The van der Waals surface area contributed by atoms with Crippen LogP contribution in [0.5, 0.6) is 0 Å². The van der Waals surface area contributed by atoms with E-state index in [9.17, 15) is 0 Å². The summed E-state index contributed by atoms with van der Waals surface area (Å²) in [6, 6.07) is 4.62. The van der Waals surface area contributed by atoms with Gasteiger partial charge in [-0.3, -0.25) is 0 Å². The predicted molar refractivity (Wildman–Crippen MR) is 69.4 cm³/mol. The summed E-state index contributed by atoms with van der Waals surface area (Å²) in [6.45, 7) is 5.20. The molecular weight excluding hydrogens is 218 g/mol. The van der Waals surface area contributed by atoms with Crippen LogP contribution in [0.4, 0.5) is 0 Å². The molecule has 0 saturated carbocycles. The van der Waals surface area contributed by atoms with Gasteiger partial charge in [-0.15, -0.1) is 0 Å². The smallest absolute Gasteiger partial charge is 0.120 e. The van der Waals surface area contributed by atoms with Gasteiger partial charge in [-0.25, -0.2) is 0 Å². The van der Waals surface area contributed by atoms with Crippen LogP contribution in [0.15, 0.2) is 12.3 Å². The maximum atomic E-state index is 8.83. The van der Waals surface area contributed by atoms with E-state index in [1.807, 2.05) is 35.6 Å². The maximum absolute atomic E-state index is 8.83. The van der Waals surface area contributed by atoms with E-state index in [-0.39, 0.29) is 0 Å². The molecule has 1 atom stereocenters. The van der Waals surface area contributed by atoms with Crippen LogP contribution in [0.25, 0.3) is 0 Å². The minimum Gasteiger partial charge on any atom is -0.342 e. The van der Waals surface area contributed by atoms with Crippen molar-refractivity contribution in [1.82, 2.24) is 9.88 Å². The van der Waals surface area contributed by atoms with Crippen LogP contribution in [0.2, 0.25) is 0 Å². The van der Waals surface area contributed by atoms with Gasteiger partial charge in [0.2, 0.25) is 0 Å². The third kappa shape index (κ3) is 3.92. The quantitative estimate of drug-likeness (QED) is 0.824. The van der Waals surface area contributed by atoms with Crippen LogP contribution in [0, 0.1) is 11.3 Å². The molecule has 0 saturated heterocycles. The van der Waals surface area contributed by atoms with E-state index < -0.39 is 0 Å². The highest BCUT2D eigenvalue weighted by Gasteiger charge is 2.04. The van der Waals surface area contributed by atoms with Gasteiger partial charge in [-0.05, 0) is 24.3 Å². The summed E-state index contributed by atoms with van der Waals surface area (Å²) in [5.74, 6) is 2.30. The fourth-order valence-electron chi connectivity index (χ4n) is 1.49. The zero-order valence-electron chi connectivity index (χ0n) is 10.2. The van der Waals surface area contributed by atoms with Gasteiger partial charge in [0, 0.05) is 31.6 Å². The molecule has 0 amide bonds. The lowest BCUT2D eigenvalue weighted by Crippen LogP contribution is -2.27. The van der Waals surface area contributed by atoms with Gasteiger partial charge in [-0.2, -0.15) is 17.0 Å². The average molecular weight is 237 g/mol. The third-order valence-corrected chi connectivity index (χ3v) is 3.55. The number of thioether (sulfide) groups is 1. The van der Waals surface area contributed by atoms with Gasteiger partial charge in [0.1, 0.15) is 11.8 Å². The molecule has 1 heterocycles. The first-order valence-electron chi connectivity index (χ1n) is 5.53. The first-order valence-corrected chi connectivity index (χ1v) is 6.69. The standard InChI is InChI=1S/C12H19N3S/c1-4-16-9-10(2)14-7-11-5-12(6-13)15(3)8-11/h5,8,10,14H,4,7,9H2,1-3H3. The highest BCUT2D eigenvalue weighted by atomic mass is 32.2. The van der Waals surface area contributed by atoms with Gasteiger partial charge in [0.05, 0.1) is 0 Å². The molecule has 4 heteroatoms. The van der Waals surface area contributed by atoms with Crippen molar-refractivity contribution in [2.45, 2.75) is 26.4 Å². The Morgan fingerprint density at radius 2 is 2.38 bits per heavy atom. The van der Waals surface area contributed by atoms with Gasteiger partial charge in [0.15, 0.2) is 0 Å². The Kier molecular flexibility index (Phi) is 5.44. The Labute approximate surface area is 102 Å². The summed E-state index contributed by atoms with van der Waals surface area (Å²) in [6.07, 6.45) is 2.01. The van der Waals surface area contributed by atoms with Crippen LogP contribution in [-0.2, 0) is 13.6 Å². The molecule has 0 aliphatic carbocycles. The second-order valence-electron chi connectivity index (χ2n) is 3.90. The van der Waals surface area contributed by atoms with Crippen LogP contribution in [-0.4, -0.2) is 22.1 Å². The molecule has 1 unspecified atom stereocenters. The second kappa shape index (κ2) is 6.62. The molecule has 16 heavy (non-hydrogen) atoms. The highest BCUT2D eigenvalue weighted by molar-refractivity contribution is 7.99. The Bertz CT molecular complexity index is 365. The van der Waals surface area contributed by atoms with Crippen molar-refractivity contribution in [3.8, 4) is 6.07 Å². The molecule has 0 radical (unpaired) electrons. The fourth-order valence-corrected chi connectivity index (χ4v) is 2.19. The first kappa shape index (κ1) is 13.1. The summed E-state index contributed by atoms with van der Waals surface area (Å²) in [5.41, 5.74) is 1.89. The number of nitrogens with zero attached hydrogens (tertiary/aromatic N) is 2. The van der Waals surface area contributed by atoms with Crippen molar-refractivity contribution in [2.24, 2.45) is 7.05 Å². The Balaban J connectivity index is 2.40. The van der Waals surface area contributed by atoms with Gasteiger partial charge in [0.25, 0.3) is 0 Å². The zero-order chi connectivity index (χ0) is 12.0. The summed E-state index contributed by atoms with van der Waals surface area (Å²) in [5, 5.41) is 12.3. The second-order valence-corrected chi connectivity index (χ2v) is 5.22. The molecule has 1 aromatic rings. The number of nitriles is 1. The highest BCUT2D eigenvalue weighted by Crippen LogP contribution is 2.07. The van der Waals surface area contributed by atoms with Crippen LogP contribution < -0.4 is 5.32 Å². The summed E-state index contributed by atoms with van der Waals surface area (Å²) < 4.78 is 1.86. The number of rotatable bonds is 6. The minimum absolute atomic E-state index is 0.510. The van der Waals surface area contributed by atoms with Crippen molar-refractivity contribution in [2.75, 3.05) is 11.5 Å². The molecule has 0 aromatic carbocycles. The van der Waals surface area contributed by atoms with Crippen LogP contribution in [0.3, 0.4) is 0 Å². The molecule has 0 aliphatic rings. The van der Waals surface area contributed by atoms with Crippen molar-refractivity contribution in [3.63, 3.8) is 0 Å². The monoisotopic (exact) mass is 237 g/mol. The van der Waals surface area contributed by atoms with E-state index in [1.54, 1.807) is 0 Å². The van der Waals surface area contributed by atoms with Crippen molar-refractivity contribution in [3.05, 3.63) is 23.5 Å². The zero-order valence-corrected chi connectivity index (χ0v) is 11.0.